The van der Waals surface area contributed by atoms with E-state index in [1.165, 1.54) is 49.7 Å². The maximum atomic E-state index is 11.8. The lowest BCUT2D eigenvalue weighted by Gasteiger charge is -2.10. The van der Waals surface area contributed by atoms with Gasteiger partial charge in [-0.2, -0.15) is 0 Å². The fraction of sp³-hybridized carbons (Fsp3) is 0.0588. The molecule has 0 saturated heterocycles. The molecule has 29 heavy (non-hydrogen) atoms. The molecule has 1 heterocycles. The summed E-state index contributed by atoms with van der Waals surface area (Å²) in [6.07, 6.45) is 1.49. The van der Waals surface area contributed by atoms with Gasteiger partial charge >= 0.3 is 0 Å². The highest BCUT2D eigenvalue weighted by Gasteiger charge is 2.17. The SMILES string of the molecule is COc1ccc(-c2ccnc(Nc3ccc(S(N)(=O)=O)cc3)n2)cc1S(N)(=O)=O. The lowest BCUT2D eigenvalue weighted by Crippen LogP contribution is -2.13. The number of aromatic nitrogens is 2. The Bertz CT molecular complexity index is 1260. The zero-order valence-corrected chi connectivity index (χ0v) is 16.7. The van der Waals surface area contributed by atoms with E-state index in [0.717, 1.165) is 0 Å². The molecule has 12 heteroatoms. The summed E-state index contributed by atoms with van der Waals surface area (Å²) < 4.78 is 51.3. The Hall–Kier alpha value is -3.06. The second kappa shape index (κ2) is 7.75. The minimum atomic E-state index is -3.99. The summed E-state index contributed by atoms with van der Waals surface area (Å²) in [5.74, 6) is 0.345. The number of anilines is 2. The van der Waals surface area contributed by atoms with Gasteiger partial charge in [0.25, 0.3) is 0 Å². The molecule has 3 aromatic rings. The quantitative estimate of drug-likeness (QED) is 0.519. The Kier molecular flexibility index (Phi) is 5.53. The van der Waals surface area contributed by atoms with E-state index in [-0.39, 0.29) is 21.5 Å². The van der Waals surface area contributed by atoms with Gasteiger partial charge in [-0.1, -0.05) is 0 Å². The Morgan fingerprint density at radius 2 is 1.62 bits per heavy atom. The maximum Gasteiger partial charge on any atom is 0.241 e. The first-order valence-corrected chi connectivity index (χ1v) is 11.1. The van der Waals surface area contributed by atoms with E-state index >= 15 is 0 Å². The van der Waals surface area contributed by atoms with Gasteiger partial charge in [0.1, 0.15) is 10.6 Å². The average Bonchev–Trinajstić information content (AvgIpc) is 2.67. The van der Waals surface area contributed by atoms with Crippen LogP contribution in [0.15, 0.2) is 64.5 Å². The highest BCUT2D eigenvalue weighted by Crippen LogP contribution is 2.29. The van der Waals surface area contributed by atoms with Crippen LogP contribution in [0.5, 0.6) is 5.75 Å². The van der Waals surface area contributed by atoms with Gasteiger partial charge < -0.3 is 10.1 Å². The van der Waals surface area contributed by atoms with Crippen LogP contribution in [0.1, 0.15) is 0 Å². The van der Waals surface area contributed by atoms with Crippen molar-refractivity contribution in [1.82, 2.24) is 9.97 Å². The van der Waals surface area contributed by atoms with Crippen molar-refractivity contribution in [2.45, 2.75) is 9.79 Å². The molecule has 152 valence electrons. The molecule has 0 aliphatic carbocycles. The highest BCUT2D eigenvalue weighted by molar-refractivity contribution is 7.89. The molecule has 2 aromatic carbocycles. The van der Waals surface area contributed by atoms with E-state index in [2.05, 4.69) is 15.3 Å². The molecule has 0 bridgehead atoms. The van der Waals surface area contributed by atoms with Crippen molar-refractivity contribution >= 4 is 31.7 Å². The summed E-state index contributed by atoms with van der Waals surface area (Å²) in [6.45, 7) is 0. The number of rotatable bonds is 6. The molecule has 5 N–H and O–H groups in total. The molecular weight excluding hydrogens is 418 g/mol. The summed E-state index contributed by atoms with van der Waals surface area (Å²) in [6, 6.07) is 11.8. The summed E-state index contributed by atoms with van der Waals surface area (Å²) >= 11 is 0. The van der Waals surface area contributed by atoms with Gasteiger partial charge in [0, 0.05) is 17.4 Å². The molecular formula is C17H17N5O5S2. The number of benzene rings is 2. The first-order chi connectivity index (χ1) is 13.6. The normalized spacial score (nSPS) is 11.8. The number of nitrogens with two attached hydrogens (primary N) is 2. The van der Waals surface area contributed by atoms with E-state index in [0.29, 0.717) is 16.9 Å². The largest absolute Gasteiger partial charge is 0.495 e. The van der Waals surface area contributed by atoms with Crippen LogP contribution in [0, 0.1) is 0 Å². The maximum absolute atomic E-state index is 11.8. The number of hydrogen-bond acceptors (Lipinski definition) is 8. The van der Waals surface area contributed by atoms with Crippen molar-refractivity contribution in [3.05, 3.63) is 54.7 Å². The van der Waals surface area contributed by atoms with Crippen LogP contribution in [-0.2, 0) is 20.0 Å². The summed E-state index contributed by atoms with van der Waals surface area (Å²) in [4.78, 5) is 8.27. The fourth-order valence-corrected chi connectivity index (χ4v) is 3.73. The number of ether oxygens (including phenoxy) is 1. The molecule has 0 aliphatic heterocycles. The summed E-state index contributed by atoms with van der Waals surface area (Å²) in [5.41, 5.74) is 1.47. The van der Waals surface area contributed by atoms with Crippen LogP contribution in [-0.4, -0.2) is 33.9 Å². The van der Waals surface area contributed by atoms with E-state index < -0.39 is 20.0 Å². The van der Waals surface area contributed by atoms with Crippen LogP contribution in [0.4, 0.5) is 11.6 Å². The Labute approximate surface area is 167 Å². The molecule has 0 fully saturated rings. The first-order valence-electron chi connectivity index (χ1n) is 8.02. The number of methoxy groups -OCH3 is 1. The molecule has 3 rings (SSSR count). The van der Waals surface area contributed by atoms with Crippen molar-refractivity contribution in [1.29, 1.82) is 0 Å². The van der Waals surface area contributed by atoms with Crippen LogP contribution < -0.4 is 20.3 Å². The lowest BCUT2D eigenvalue weighted by molar-refractivity contribution is 0.403. The van der Waals surface area contributed by atoms with Gasteiger partial charge in [-0.15, -0.1) is 0 Å². The van der Waals surface area contributed by atoms with Crippen molar-refractivity contribution in [2.75, 3.05) is 12.4 Å². The van der Waals surface area contributed by atoms with E-state index in [1.807, 2.05) is 0 Å². The second-order valence-corrected chi connectivity index (χ2v) is 8.96. The van der Waals surface area contributed by atoms with Crippen molar-refractivity contribution in [3.8, 4) is 17.0 Å². The van der Waals surface area contributed by atoms with Crippen LogP contribution >= 0.6 is 0 Å². The zero-order valence-electron chi connectivity index (χ0n) is 15.1. The minimum absolute atomic E-state index is 0.0218. The second-order valence-electron chi connectivity index (χ2n) is 5.87. The van der Waals surface area contributed by atoms with Gasteiger partial charge in [0.2, 0.25) is 26.0 Å². The molecule has 0 aliphatic rings. The van der Waals surface area contributed by atoms with Gasteiger partial charge in [0.05, 0.1) is 17.7 Å². The Balaban J connectivity index is 1.92. The van der Waals surface area contributed by atoms with Crippen molar-refractivity contribution < 1.29 is 21.6 Å². The third-order valence-corrected chi connectivity index (χ3v) is 5.72. The smallest absolute Gasteiger partial charge is 0.241 e. The van der Waals surface area contributed by atoms with Crippen molar-refractivity contribution in [3.63, 3.8) is 0 Å². The number of nitrogens with zero attached hydrogens (tertiary/aromatic N) is 2. The number of hydrogen-bond donors (Lipinski definition) is 3. The zero-order chi connectivity index (χ0) is 21.2. The Morgan fingerprint density at radius 1 is 0.931 bits per heavy atom. The van der Waals surface area contributed by atoms with Gasteiger partial charge in [-0.05, 0) is 48.5 Å². The molecule has 0 atom stereocenters. The molecule has 10 nitrogen and oxygen atoms in total. The van der Waals surface area contributed by atoms with Crippen LogP contribution in [0.25, 0.3) is 11.3 Å². The first kappa shape index (κ1) is 20.7. The molecule has 0 spiro atoms. The van der Waals surface area contributed by atoms with E-state index in [4.69, 9.17) is 15.0 Å². The number of nitrogens with one attached hydrogen (secondary N) is 1. The van der Waals surface area contributed by atoms with Crippen LogP contribution in [0.2, 0.25) is 0 Å². The van der Waals surface area contributed by atoms with Gasteiger partial charge in [-0.25, -0.2) is 37.1 Å². The number of sulfonamides is 2. The summed E-state index contributed by atoms with van der Waals surface area (Å²) in [5, 5.41) is 13.3. The van der Waals surface area contributed by atoms with Gasteiger partial charge in [-0.3, -0.25) is 0 Å². The molecule has 0 saturated carbocycles. The predicted molar refractivity (Wildman–Crippen MR) is 106 cm³/mol. The highest BCUT2D eigenvalue weighted by atomic mass is 32.2. The monoisotopic (exact) mass is 435 g/mol. The average molecular weight is 435 g/mol. The Morgan fingerprint density at radius 3 is 2.21 bits per heavy atom. The predicted octanol–water partition coefficient (Wildman–Crippen LogP) is 1.19. The lowest BCUT2D eigenvalue weighted by atomic mass is 10.1. The minimum Gasteiger partial charge on any atom is -0.495 e. The molecule has 0 unspecified atom stereocenters. The third kappa shape index (κ3) is 4.86. The topological polar surface area (TPSA) is 167 Å². The van der Waals surface area contributed by atoms with Crippen molar-refractivity contribution in [2.24, 2.45) is 10.3 Å². The van der Waals surface area contributed by atoms with E-state index in [1.54, 1.807) is 12.1 Å². The molecule has 0 amide bonds. The third-order valence-electron chi connectivity index (χ3n) is 3.86. The van der Waals surface area contributed by atoms with Gasteiger partial charge in [0.15, 0.2) is 0 Å². The summed E-state index contributed by atoms with van der Waals surface area (Å²) in [7, 11) is -6.44. The molecule has 0 radical (unpaired) electrons. The van der Waals surface area contributed by atoms with Crippen LogP contribution in [0.3, 0.4) is 0 Å². The fourth-order valence-electron chi connectivity index (χ4n) is 2.50. The number of primary sulfonamides is 2. The standard InChI is InChI=1S/C17H17N5O5S2/c1-27-15-7-2-11(10-16(15)29(19,25)26)14-8-9-20-17(22-14)21-12-3-5-13(6-4-12)28(18,23)24/h2-10H,1H3,(H2,18,23,24)(H2,19,25,26)(H,20,21,22). The van der Waals surface area contributed by atoms with E-state index in [9.17, 15) is 16.8 Å². The molecule has 1 aromatic heterocycles.